The normalized spacial score (nSPS) is 19.1. The fourth-order valence-corrected chi connectivity index (χ4v) is 3.55. The Morgan fingerprint density at radius 1 is 1.07 bits per heavy atom. The SMILES string of the molecule is COC(=O)C(c1ccccc1F)C1C=CC(NC(=O)c2ccccc2OC)C1. The number of amides is 1. The first-order chi connectivity index (χ1) is 13.5. The minimum atomic E-state index is -0.768. The number of allylic oxidation sites excluding steroid dienone is 1. The van der Waals surface area contributed by atoms with Gasteiger partial charge in [0, 0.05) is 11.6 Å². The molecule has 2 aromatic rings. The Hall–Kier alpha value is -3.15. The summed E-state index contributed by atoms with van der Waals surface area (Å²) in [6.07, 6.45) is 4.13. The van der Waals surface area contributed by atoms with Crippen molar-refractivity contribution in [3.05, 3.63) is 77.6 Å². The summed E-state index contributed by atoms with van der Waals surface area (Å²) in [5.74, 6) is -1.79. The summed E-state index contributed by atoms with van der Waals surface area (Å²) in [5.41, 5.74) is 0.723. The Labute approximate surface area is 163 Å². The summed E-state index contributed by atoms with van der Waals surface area (Å²) >= 11 is 0. The largest absolute Gasteiger partial charge is 0.496 e. The number of esters is 1. The van der Waals surface area contributed by atoms with Gasteiger partial charge in [-0.3, -0.25) is 9.59 Å². The van der Waals surface area contributed by atoms with Crippen LogP contribution in [0.5, 0.6) is 5.75 Å². The molecule has 1 amide bonds. The Balaban J connectivity index is 1.75. The quantitative estimate of drug-likeness (QED) is 0.613. The van der Waals surface area contributed by atoms with Gasteiger partial charge in [0.25, 0.3) is 5.91 Å². The number of rotatable bonds is 6. The maximum atomic E-state index is 14.3. The molecule has 0 bridgehead atoms. The highest BCUT2D eigenvalue weighted by atomic mass is 19.1. The van der Waals surface area contributed by atoms with Crippen molar-refractivity contribution in [2.75, 3.05) is 14.2 Å². The van der Waals surface area contributed by atoms with E-state index >= 15 is 0 Å². The van der Waals surface area contributed by atoms with Crippen LogP contribution in [-0.4, -0.2) is 32.1 Å². The van der Waals surface area contributed by atoms with Crippen LogP contribution in [0.15, 0.2) is 60.7 Å². The Morgan fingerprint density at radius 2 is 1.79 bits per heavy atom. The number of carbonyl (C=O) groups is 2. The van der Waals surface area contributed by atoms with Gasteiger partial charge in [-0.05, 0) is 30.5 Å². The number of para-hydroxylation sites is 1. The molecule has 0 aromatic heterocycles. The summed E-state index contributed by atoms with van der Waals surface area (Å²) < 4.78 is 24.4. The van der Waals surface area contributed by atoms with Crippen molar-refractivity contribution in [2.24, 2.45) is 5.92 Å². The fraction of sp³-hybridized carbons (Fsp3) is 0.273. The highest BCUT2D eigenvalue weighted by molar-refractivity contribution is 5.97. The maximum Gasteiger partial charge on any atom is 0.313 e. The van der Waals surface area contributed by atoms with Crippen molar-refractivity contribution in [1.82, 2.24) is 5.32 Å². The lowest BCUT2D eigenvalue weighted by Gasteiger charge is -2.22. The van der Waals surface area contributed by atoms with Gasteiger partial charge >= 0.3 is 5.97 Å². The number of nitrogens with one attached hydrogen (secondary N) is 1. The van der Waals surface area contributed by atoms with Crippen LogP contribution in [0, 0.1) is 11.7 Å². The van der Waals surface area contributed by atoms with Crippen LogP contribution >= 0.6 is 0 Å². The van der Waals surface area contributed by atoms with Crippen LogP contribution in [0.2, 0.25) is 0 Å². The van der Waals surface area contributed by atoms with Crippen LogP contribution in [0.4, 0.5) is 4.39 Å². The maximum absolute atomic E-state index is 14.3. The zero-order valence-electron chi connectivity index (χ0n) is 15.7. The molecular formula is C22H22FNO4. The number of hydrogen-bond donors (Lipinski definition) is 1. The number of benzene rings is 2. The molecule has 5 nitrogen and oxygen atoms in total. The van der Waals surface area contributed by atoms with Gasteiger partial charge in [-0.15, -0.1) is 0 Å². The van der Waals surface area contributed by atoms with E-state index in [9.17, 15) is 14.0 Å². The Morgan fingerprint density at radius 3 is 2.50 bits per heavy atom. The van der Waals surface area contributed by atoms with E-state index in [4.69, 9.17) is 9.47 Å². The molecule has 0 heterocycles. The predicted molar refractivity (Wildman–Crippen MR) is 103 cm³/mol. The zero-order chi connectivity index (χ0) is 20.1. The van der Waals surface area contributed by atoms with Gasteiger partial charge in [0.2, 0.25) is 0 Å². The topological polar surface area (TPSA) is 64.6 Å². The van der Waals surface area contributed by atoms with Crippen molar-refractivity contribution >= 4 is 11.9 Å². The fourth-order valence-electron chi connectivity index (χ4n) is 3.55. The van der Waals surface area contributed by atoms with Gasteiger partial charge in [-0.1, -0.05) is 42.5 Å². The molecular weight excluding hydrogens is 361 g/mol. The molecule has 1 aliphatic rings. The molecule has 146 valence electrons. The lowest BCUT2D eigenvalue weighted by molar-refractivity contribution is -0.143. The molecule has 2 aromatic carbocycles. The van der Waals surface area contributed by atoms with E-state index in [1.807, 2.05) is 12.2 Å². The molecule has 1 N–H and O–H groups in total. The van der Waals surface area contributed by atoms with Gasteiger partial charge in [0.05, 0.1) is 25.7 Å². The molecule has 0 saturated carbocycles. The molecule has 0 radical (unpaired) electrons. The van der Waals surface area contributed by atoms with E-state index in [2.05, 4.69) is 5.32 Å². The third kappa shape index (κ3) is 4.06. The molecule has 0 aliphatic heterocycles. The molecule has 28 heavy (non-hydrogen) atoms. The molecule has 0 spiro atoms. The summed E-state index contributed by atoms with van der Waals surface area (Å²) in [6.45, 7) is 0. The van der Waals surface area contributed by atoms with E-state index in [1.54, 1.807) is 42.5 Å². The van der Waals surface area contributed by atoms with Crippen LogP contribution in [0.25, 0.3) is 0 Å². The third-order valence-corrected chi connectivity index (χ3v) is 4.91. The number of methoxy groups -OCH3 is 2. The van der Waals surface area contributed by atoms with Crippen LogP contribution in [-0.2, 0) is 9.53 Å². The van der Waals surface area contributed by atoms with Gasteiger partial charge in [0.1, 0.15) is 11.6 Å². The zero-order valence-corrected chi connectivity index (χ0v) is 15.7. The highest BCUT2D eigenvalue weighted by Gasteiger charge is 2.35. The first kappa shape index (κ1) is 19.6. The Bertz CT molecular complexity index is 896. The van der Waals surface area contributed by atoms with Crippen LogP contribution in [0.1, 0.15) is 28.3 Å². The average Bonchev–Trinajstić information content (AvgIpc) is 3.17. The Kier molecular flexibility index (Phi) is 6.09. The second kappa shape index (κ2) is 8.69. The lowest BCUT2D eigenvalue weighted by atomic mass is 9.85. The molecule has 1 aliphatic carbocycles. The van der Waals surface area contributed by atoms with E-state index in [1.165, 1.54) is 20.3 Å². The van der Waals surface area contributed by atoms with Crippen LogP contribution in [0.3, 0.4) is 0 Å². The minimum absolute atomic E-state index is 0.270. The summed E-state index contributed by atoms with van der Waals surface area (Å²) in [6, 6.07) is 12.8. The smallest absolute Gasteiger partial charge is 0.313 e. The first-order valence-electron chi connectivity index (χ1n) is 8.99. The molecule has 6 heteroatoms. The second-order valence-electron chi connectivity index (χ2n) is 6.59. The number of carbonyl (C=O) groups excluding carboxylic acids is 2. The monoisotopic (exact) mass is 383 g/mol. The van der Waals surface area contributed by atoms with Gasteiger partial charge < -0.3 is 14.8 Å². The summed E-state index contributed by atoms with van der Waals surface area (Å²) in [7, 11) is 2.79. The van der Waals surface area contributed by atoms with E-state index in [0.717, 1.165) is 0 Å². The van der Waals surface area contributed by atoms with Crippen molar-refractivity contribution in [3.8, 4) is 5.75 Å². The predicted octanol–water partition coefficient (Wildman–Crippen LogP) is 3.47. The standard InChI is InChI=1S/C22H22FNO4/c1-27-19-10-6-4-8-17(19)21(25)24-15-12-11-14(13-15)20(22(26)28-2)16-7-3-5-9-18(16)23/h3-12,14-15,20H,13H2,1-2H3,(H,24,25). The van der Waals surface area contributed by atoms with E-state index in [0.29, 0.717) is 23.3 Å². The van der Waals surface area contributed by atoms with E-state index in [-0.39, 0.29) is 17.9 Å². The third-order valence-electron chi connectivity index (χ3n) is 4.91. The van der Waals surface area contributed by atoms with Gasteiger partial charge in [-0.25, -0.2) is 4.39 Å². The van der Waals surface area contributed by atoms with Crippen molar-refractivity contribution < 1.29 is 23.5 Å². The van der Waals surface area contributed by atoms with E-state index < -0.39 is 17.7 Å². The molecule has 0 fully saturated rings. The molecule has 3 rings (SSSR count). The number of ether oxygens (including phenoxy) is 2. The van der Waals surface area contributed by atoms with Crippen molar-refractivity contribution in [3.63, 3.8) is 0 Å². The van der Waals surface area contributed by atoms with Gasteiger partial charge in [0.15, 0.2) is 0 Å². The minimum Gasteiger partial charge on any atom is -0.496 e. The molecule has 3 unspecified atom stereocenters. The van der Waals surface area contributed by atoms with Crippen LogP contribution < -0.4 is 10.1 Å². The highest BCUT2D eigenvalue weighted by Crippen LogP contribution is 2.35. The summed E-state index contributed by atoms with van der Waals surface area (Å²) in [5, 5.41) is 2.93. The summed E-state index contributed by atoms with van der Waals surface area (Å²) in [4.78, 5) is 25.0. The van der Waals surface area contributed by atoms with Gasteiger partial charge in [-0.2, -0.15) is 0 Å². The lowest BCUT2D eigenvalue weighted by Crippen LogP contribution is -2.34. The average molecular weight is 383 g/mol. The second-order valence-corrected chi connectivity index (χ2v) is 6.59. The van der Waals surface area contributed by atoms with Crippen molar-refractivity contribution in [2.45, 2.75) is 18.4 Å². The molecule has 3 atom stereocenters. The number of hydrogen-bond acceptors (Lipinski definition) is 4. The molecule has 0 saturated heterocycles. The number of halogens is 1. The first-order valence-corrected chi connectivity index (χ1v) is 8.99. The van der Waals surface area contributed by atoms with Crippen molar-refractivity contribution in [1.29, 1.82) is 0 Å².